The third kappa shape index (κ3) is 2.19. The quantitative estimate of drug-likeness (QED) is 0.748. The Kier molecular flexibility index (Phi) is 2.93. The van der Waals surface area contributed by atoms with Crippen molar-refractivity contribution in [2.24, 2.45) is 0 Å². The number of rotatable bonds is 1. The molecule has 0 radical (unpaired) electrons. The second-order valence-electron chi connectivity index (χ2n) is 4.81. The zero-order valence-electron chi connectivity index (χ0n) is 11.1. The fourth-order valence-corrected chi connectivity index (χ4v) is 2.57. The first-order chi connectivity index (χ1) is 10.3. The Bertz CT molecular complexity index is 773. The average Bonchev–Trinajstić information content (AvgIpc) is 2.75. The summed E-state index contributed by atoms with van der Waals surface area (Å²) in [4.78, 5) is 11.8. The van der Waals surface area contributed by atoms with Gasteiger partial charge in [-0.1, -0.05) is 11.6 Å². The molecule has 0 saturated heterocycles. The van der Waals surface area contributed by atoms with Crippen LogP contribution >= 0.6 is 11.6 Å². The molecule has 0 fully saturated rings. The van der Waals surface area contributed by atoms with Gasteiger partial charge in [0.1, 0.15) is 5.82 Å². The Morgan fingerprint density at radius 1 is 1.14 bits per heavy atom. The zero-order valence-corrected chi connectivity index (χ0v) is 11.9. The topological polar surface area (TPSA) is 60.0 Å². The van der Waals surface area contributed by atoms with Crippen LogP contribution in [0.4, 0.5) is 0 Å². The van der Waals surface area contributed by atoms with E-state index in [2.05, 4.69) is 15.0 Å². The van der Waals surface area contributed by atoms with Crippen LogP contribution in [0, 0.1) is 0 Å². The molecule has 6 heteroatoms. The van der Waals surface area contributed by atoms with Gasteiger partial charge in [-0.15, -0.1) is 0 Å². The van der Waals surface area contributed by atoms with Crippen molar-refractivity contribution in [1.29, 1.82) is 0 Å². The van der Waals surface area contributed by atoms with Crippen LogP contribution in [0.2, 0.25) is 5.02 Å². The molecule has 1 aliphatic heterocycles. The van der Waals surface area contributed by atoms with E-state index in [0.717, 1.165) is 34.5 Å². The first kappa shape index (κ1) is 12.5. The molecule has 3 aromatic rings. The lowest BCUT2D eigenvalue weighted by Crippen LogP contribution is -1.97. The highest BCUT2D eigenvalue weighted by molar-refractivity contribution is 6.33. The van der Waals surface area contributed by atoms with Crippen molar-refractivity contribution in [3.63, 3.8) is 0 Å². The minimum atomic E-state index is 0.561. The van der Waals surface area contributed by atoms with E-state index in [4.69, 9.17) is 21.1 Å². The third-order valence-corrected chi connectivity index (χ3v) is 3.68. The summed E-state index contributed by atoms with van der Waals surface area (Å²) in [5, 5.41) is 0.561. The van der Waals surface area contributed by atoms with Crippen LogP contribution in [0.25, 0.3) is 22.4 Å². The van der Waals surface area contributed by atoms with Crippen LogP contribution < -0.4 is 9.47 Å². The lowest BCUT2D eigenvalue weighted by Gasteiger charge is -2.05. The first-order valence-electron chi connectivity index (χ1n) is 6.70. The van der Waals surface area contributed by atoms with E-state index >= 15 is 0 Å². The van der Waals surface area contributed by atoms with Crippen molar-refractivity contribution < 1.29 is 9.47 Å². The minimum absolute atomic E-state index is 0.561. The molecule has 1 aromatic carbocycles. The minimum Gasteiger partial charge on any atom is -0.489 e. The number of hydrogen-bond acceptors (Lipinski definition) is 4. The summed E-state index contributed by atoms with van der Waals surface area (Å²) in [7, 11) is 0. The van der Waals surface area contributed by atoms with Crippen LogP contribution in [0.15, 0.2) is 30.6 Å². The zero-order chi connectivity index (χ0) is 14.2. The van der Waals surface area contributed by atoms with Crippen molar-refractivity contribution in [2.75, 3.05) is 13.2 Å². The van der Waals surface area contributed by atoms with Crippen LogP contribution in [0.5, 0.6) is 11.5 Å². The smallest absolute Gasteiger partial charge is 0.163 e. The summed E-state index contributed by atoms with van der Waals surface area (Å²) in [5.41, 5.74) is 2.53. The Morgan fingerprint density at radius 3 is 2.76 bits per heavy atom. The summed E-state index contributed by atoms with van der Waals surface area (Å²) in [6.07, 6.45) is 4.18. The molecule has 1 aliphatic rings. The number of halogens is 1. The number of aromatic amines is 1. The number of fused-ring (bicyclic) bond motifs is 2. The lowest BCUT2D eigenvalue weighted by atomic mass is 10.2. The number of hydrogen-bond donors (Lipinski definition) is 1. The lowest BCUT2D eigenvalue weighted by molar-refractivity contribution is 0.297. The maximum Gasteiger partial charge on any atom is 0.163 e. The van der Waals surface area contributed by atoms with E-state index in [0.29, 0.717) is 24.1 Å². The molecule has 1 N–H and O–H groups in total. The normalized spacial score (nSPS) is 14.1. The van der Waals surface area contributed by atoms with Gasteiger partial charge in [0, 0.05) is 36.5 Å². The summed E-state index contributed by atoms with van der Waals surface area (Å²) in [5.74, 6) is 2.19. The number of nitrogens with zero attached hydrogens (tertiary/aromatic N) is 2. The molecule has 2 aromatic heterocycles. The molecule has 21 heavy (non-hydrogen) atoms. The van der Waals surface area contributed by atoms with Crippen LogP contribution in [0.1, 0.15) is 6.42 Å². The molecule has 0 atom stereocenters. The number of imidazole rings is 1. The number of H-pyrrole nitrogens is 1. The van der Waals surface area contributed by atoms with Gasteiger partial charge in [-0.05, 0) is 6.07 Å². The van der Waals surface area contributed by atoms with Gasteiger partial charge in [0.05, 0.1) is 29.3 Å². The second-order valence-corrected chi connectivity index (χ2v) is 5.21. The largest absolute Gasteiger partial charge is 0.489 e. The van der Waals surface area contributed by atoms with Crippen LogP contribution in [-0.4, -0.2) is 28.2 Å². The van der Waals surface area contributed by atoms with Gasteiger partial charge in [-0.25, -0.2) is 4.98 Å². The van der Waals surface area contributed by atoms with E-state index in [-0.39, 0.29) is 0 Å². The standard InChI is InChI=1S/C15H12ClN3O2/c16-10-8-17-3-2-9(10)15-18-11-6-13-14(7-12(11)19-15)21-5-1-4-20-13/h2-3,6-8H,1,4-5H2,(H,18,19). The molecule has 0 bridgehead atoms. The summed E-state index contributed by atoms with van der Waals surface area (Å²) in [6, 6.07) is 5.64. The molecule has 0 saturated carbocycles. The molecular weight excluding hydrogens is 290 g/mol. The van der Waals surface area contributed by atoms with E-state index in [1.165, 1.54) is 0 Å². The highest BCUT2D eigenvalue weighted by atomic mass is 35.5. The van der Waals surface area contributed by atoms with Gasteiger partial charge in [-0.3, -0.25) is 4.98 Å². The van der Waals surface area contributed by atoms with Crippen LogP contribution in [-0.2, 0) is 0 Å². The Morgan fingerprint density at radius 2 is 1.95 bits per heavy atom. The van der Waals surface area contributed by atoms with Gasteiger partial charge in [0.2, 0.25) is 0 Å². The summed E-state index contributed by atoms with van der Waals surface area (Å²) >= 11 is 6.16. The number of ether oxygens (including phenoxy) is 2. The predicted molar refractivity (Wildman–Crippen MR) is 79.9 cm³/mol. The highest BCUT2D eigenvalue weighted by Gasteiger charge is 2.15. The fraction of sp³-hybridized carbons (Fsp3) is 0.200. The monoisotopic (exact) mass is 301 g/mol. The third-order valence-electron chi connectivity index (χ3n) is 3.38. The van der Waals surface area contributed by atoms with Crippen molar-refractivity contribution in [3.8, 4) is 22.9 Å². The predicted octanol–water partition coefficient (Wildman–Crippen LogP) is 3.44. The Balaban J connectivity index is 1.85. The molecule has 106 valence electrons. The summed E-state index contributed by atoms with van der Waals surface area (Å²) < 4.78 is 11.4. The van der Waals surface area contributed by atoms with E-state index in [1.807, 2.05) is 18.2 Å². The van der Waals surface area contributed by atoms with Gasteiger partial charge >= 0.3 is 0 Å². The van der Waals surface area contributed by atoms with E-state index < -0.39 is 0 Å². The van der Waals surface area contributed by atoms with Crippen LogP contribution in [0.3, 0.4) is 0 Å². The second kappa shape index (κ2) is 4.93. The first-order valence-corrected chi connectivity index (χ1v) is 7.08. The number of aromatic nitrogens is 3. The molecule has 3 heterocycles. The molecule has 0 aliphatic carbocycles. The Labute approximate surface area is 125 Å². The molecule has 5 nitrogen and oxygen atoms in total. The molecule has 0 spiro atoms. The number of pyridine rings is 1. The molecule has 0 unspecified atom stereocenters. The highest BCUT2D eigenvalue weighted by Crippen LogP contribution is 2.35. The number of nitrogens with one attached hydrogen (secondary N) is 1. The fourth-order valence-electron chi connectivity index (χ4n) is 2.36. The SMILES string of the molecule is Clc1cnccc1-c1nc2cc3c(cc2[nH]1)OCCCO3. The van der Waals surface area contributed by atoms with Crippen molar-refractivity contribution >= 4 is 22.6 Å². The van der Waals surface area contributed by atoms with Crippen molar-refractivity contribution in [3.05, 3.63) is 35.6 Å². The molecular formula is C15H12ClN3O2. The maximum atomic E-state index is 6.16. The van der Waals surface area contributed by atoms with Gasteiger partial charge in [0.15, 0.2) is 11.5 Å². The summed E-state index contributed by atoms with van der Waals surface area (Å²) in [6.45, 7) is 1.32. The van der Waals surface area contributed by atoms with Gasteiger partial charge < -0.3 is 14.5 Å². The average molecular weight is 302 g/mol. The molecule has 0 amide bonds. The van der Waals surface area contributed by atoms with E-state index in [9.17, 15) is 0 Å². The number of benzene rings is 1. The van der Waals surface area contributed by atoms with Gasteiger partial charge in [0.25, 0.3) is 0 Å². The Hall–Kier alpha value is -2.27. The van der Waals surface area contributed by atoms with Crippen molar-refractivity contribution in [2.45, 2.75) is 6.42 Å². The van der Waals surface area contributed by atoms with Crippen molar-refractivity contribution in [1.82, 2.24) is 15.0 Å². The maximum absolute atomic E-state index is 6.16. The van der Waals surface area contributed by atoms with E-state index in [1.54, 1.807) is 12.4 Å². The molecule has 4 rings (SSSR count). The van der Waals surface area contributed by atoms with Gasteiger partial charge in [-0.2, -0.15) is 0 Å².